The molecule has 4 heteroatoms. The lowest BCUT2D eigenvalue weighted by Crippen LogP contribution is -2.53. The number of rotatable bonds is 3. The van der Waals surface area contributed by atoms with Gasteiger partial charge < -0.3 is 9.73 Å². The molecule has 1 aliphatic carbocycles. The summed E-state index contributed by atoms with van der Waals surface area (Å²) in [5.41, 5.74) is 1.03. The van der Waals surface area contributed by atoms with Gasteiger partial charge in [0.2, 0.25) is 5.89 Å². The second-order valence-corrected chi connectivity index (χ2v) is 6.44. The van der Waals surface area contributed by atoms with Crippen molar-refractivity contribution in [2.24, 2.45) is 5.92 Å². The van der Waals surface area contributed by atoms with Crippen LogP contribution in [0.2, 0.25) is 0 Å². The van der Waals surface area contributed by atoms with Crippen LogP contribution in [0.4, 0.5) is 0 Å². The first-order valence-electron chi connectivity index (χ1n) is 8.11. The van der Waals surface area contributed by atoms with Crippen molar-refractivity contribution in [3.8, 4) is 0 Å². The molecule has 1 saturated carbocycles. The minimum atomic E-state index is 0.668. The number of hydrogen-bond acceptors (Lipinski definition) is 4. The van der Waals surface area contributed by atoms with Gasteiger partial charge >= 0.3 is 0 Å². The van der Waals surface area contributed by atoms with Gasteiger partial charge in [-0.3, -0.25) is 4.90 Å². The maximum atomic E-state index is 5.72. The number of piperazine rings is 1. The Bertz CT molecular complexity index is 417. The normalized spacial score (nSPS) is 26.0. The zero-order valence-electron chi connectivity index (χ0n) is 12.8. The average Bonchev–Trinajstić information content (AvgIpc) is 2.78. The Morgan fingerprint density at radius 2 is 2.05 bits per heavy atom. The van der Waals surface area contributed by atoms with Crippen LogP contribution in [-0.4, -0.2) is 35.6 Å². The van der Waals surface area contributed by atoms with Crippen LogP contribution in [0.25, 0.3) is 0 Å². The molecule has 3 rings (SSSR count). The van der Waals surface area contributed by atoms with Crippen LogP contribution in [0.3, 0.4) is 0 Å². The van der Waals surface area contributed by atoms with Gasteiger partial charge in [0.15, 0.2) is 0 Å². The Kier molecular flexibility index (Phi) is 4.41. The van der Waals surface area contributed by atoms with Crippen molar-refractivity contribution < 1.29 is 4.42 Å². The summed E-state index contributed by atoms with van der Waals surface area (Å²) in [5.74, 6) is 2.71. The van der Waals surface area contributed by atoms with Crippen molar-refractivity contribution >= 4 is 0 Å². The molecule has 0 bridgehead atoms. The van der Waals surface area contributed by atoms with Crippen LogP contribution < -0.4 is 5.32 Å². The summed E-state index contributed by atoms with van der Waals surface area (Å²) in [6.45, 7) is 8.22. The molecule has 0 aromatic carbocycles. The molecule has 20 heavy (non-hydrogen) atoms. The molecular weight excluding hydrogens is 250 g/mol. The van der Waals surface area contributed by atoms with E-state index >= 15 is 0 Å². The fraction of sp³-hybridized carbons (Fsp3) is 0.812. The van der Waals surface area contributed by atoms with Crippen LogP contribution >= 0.6 is 0 Å². The van der Waals surface area contributed by atoms with Gasteiger partial charge in [0.05, 0.1) is 12.2 Å². The van der Waals surface area contributed by atoms with E-state index in [1.165, 1.54) is 32.1 Å². The maximum absolute atomic E-state index is 5.72. The van der Waals surface area contributed by atoms with E-state index in [0.29, 0.717) is 6.04 Å². The summed E-state index contributed by atoms with van der Waals surface area (Å²) >= 11 is 0. The minimum absolute atomic E-state index is 0.668. The summed E-state index contributed by atoms with van der Waals surface area (Å²) in [7, 11) is 0. The molecule has 1 aromatic rings. The molecule has 1 aromatic heterocycles. The van der Waals surface area contributed by atoms with Crippen LogP contribution in [0, 0.1) is 19.8 Å². The fourth-order valence-corrected chi connectivity index (χ4v) is 3.64. The number of nitrogens with zero attached hydrogens (tertiary/aromatic N) is 2. The molecule has 0 spiro atoms. The SMILES string of the molecule is Cc1nc(CN2CCNC(C3CCCCC3)C2)oc1C. The third kappa shape index (κ3) is 3.23. The molecule has 1 unspecified atom stereocenters. The molecule has 2 fully saturated rings. The molecular formula is C16H27N3O. The zero-order valence-corrected chi connectivity index (χ0v) is 12.8. The van der Waals surface area contributed by atoms with E-state index in [4.69, 9.17) is 4.42 Å². The highest BCUT2D eigenvalue weighted by Gasteiger charge is 2.28. The fourth-order valence-electron chi connectivity index (χ4n) is 3.64. The van der Waals surface area contributed by atoms with Gasteiger partial charge in [0.1, 0.15) is 5.76 Å². The first kappa shape index (κ1) is 14.1. The van der Waals surface area contributed by atoms with Crippen molar-refractivity contribution in [2.75, 3.05) is 19.6 Å². The topological polar surface area (TPSA) is 41.3 Å². The van der Waals surface area contributed by atoms with Gasteiger partial charge in [-0.25, -0.2) is 4.98 Å². The number of nitrogens with one attached hydrogen (secondary N) is 1. The Labute approximate surface area is 121 Å². The first-order chi connectivity index (χ1) is 9.72. The number of aromatic nitrogens is 1. The van der Waals surface area contributed by atoms with E-state index in [1.807, 2.05) is 13.8 Å². The second kappa shape index (κ2) is 6.27. The molecule has 0 amide bonds. The predicted molar refractivity (Wildman–Crippen MR) is 79.6 cm³/mol. The Morgan fingerprint density at radius 1 is 1.25 bits per heavy atom. The predicted octanol–water partition coefficient (Wildman–Crippen LogP) is 2.65. The molecule has 1 atom stereocenters. The van der Waals surface area contributed by atoms with Crippen molar-refractivity contribution in [2.45, 2.75) is 58.5 Å². The maximum Gasteiger partial charge on any atom is 0.208 e. The second-order valence-electron chi connectivity index (χ2n) is 6.44. The van der Waals surface area contributed by atoms with E-state index in [9.17, 15) is 0 Å². The van der Waals surface area contributed by atoms with Crippen molar-refractivity contribution in [1.82, 2.24) is 15.2 Å². The number of oxazole rings is 1. The first-order valence-corrected chi connectivity index (χ1v) is 8.11. The van der Waals surface area contributed by atoms with E-state index in [-0.39, 0.29) is 0 Å². The lowest BCUT2D eigenvalue weighted by molar-refractivity contribution is 0.132. The molecule has 1 saturated heterocycles. The highest BCUT2D eigenvalue weighted by atomic mass is 16.4. The Morgan fingerprint density at radius 3 is 2.75 bits per heavy atom. The van der Waals surface area contributed by atoms with E-state index in [1.54, 1.807) is 0 Å². The van der Waals surface area contributed by atoms with Crippen LogP contribution in [0.1, 0.15) is 49.4 Å². The molecule has 1 aliphatic heterocycles. The summed E-state index contributed by atoms with van der Waals surface area (Å²) in [4.78, 5) is 7.01. The van der Waals surface area contributed by atoms with Crippen LogP contribution in [0.15, 0.2) is 4.42 Å². The number of aryl methyl sites for hydroxylation is 2. The standard InChI is InChI=1S/C16H27N3O/c1-12-13(2)20-16(18-12)11-19-9-8-17-15(10-19)14-6-4-3-5-7-14/h14-15,17H,3-11H2,1-2H3. The summed E-state index contributed by atoms with van der Waals surface area (Å²) in [5, 5.41) is 3.73. The monoisotopic (exact) mass is 277 g/mol. The lowest BCUT2D eigenvalue weighted by Gasteiger charge is -2.38. The van der Waals surface area contributed by atoms with E-state index in [2.05, 4.69) is 15.2 Å². The highest BCUT2D eigenvalue weighted by molar-refractivity contribution is 5.05. The van der Waals surface area contributed by atoms with Gasteiger partial charge in [-0.2, -0.15) is 0 Å². The van der Waals surface area contributed by atoms with Crippen molar-refractivity contribution in [1.29, 1.82) is 0 Å². The molecule has 1 N–H and O–H groups in total. The zero-order chi connectivity index (χ0) is 13.9. The van der Waals surface area contributed by atoms with E-state index < -0.39 is 0 Å². The van der Waals surface area contributed by atoms with Gasteiger partial charge in [-0.15, -0.1) is 0 Å². The van der Waals surface area contributed by atoms with Crippen LogP contribution in [-0.2, 0) is 6.54 Å². The molecule has 0 radical (unpaired) electrons. The molecule has 4 nitrogen and oxygen atoms in total. The Balaban J connectivity index is 1.57. The molecule has 2 heterocycles. The summed E-state index contributed by atoms with van der Waals surface area (Å²) in [6, 6.07) is 0.668. The number of hydrogen-bond donors (Lipinski definition) is 1. The molecule has 112 valence electrons. The smallest absolute Gasteiger partial charge is 0.208 e. The summed E-state index contributed by atoms with van der Waals surface area (Å²) in [6.07, 6.45) is 7.08. The van der Waals surface area contributed by atoms with Gasteiger partial charge in [0, 0.05) is 25.7 Å². The van der Waals surface area contributed by atoms with Gasteiger partial charge in [-0.1, -0.05) is 19.3 Å². The Hall–Kier alpha value is -0.870. The third-order valence-electron chi connectivity index (χ3n) is 4.94. The third-order valence-corrected chi connectivity index (χ3v) is 4.94. The lowest BCUT2D eigenvalue weighted by atomic mass is 9.83. The average molecular weight is 277 g/mol. The quantitative estimate of drug-likeness (QED) is 0.922. The largest absolute Gasteiger partial charge is 0.444 e. The molecule has 2 aliphatic rings. The van der Waals surface area contributed by atoms with Gasteiger partial charge in [-0.05, 0) is 32.6 Å². The minimum Gasteiger partial charge on any atom is -0.444 e. The van der Waals surface area contributed by atoms with Gasteiger partial charge in [0.25, 0.3) is 0 Å². The van der Waals surface area contributed by atoms with Crippen molar-refractivity contribution in [3.63, 3.8) is 0 Å². The van der Waals surface area contributed by atoms with Crippen LogP contribution in [0.5, 0.6) is 0 Å². The van der Waals surface area contributed by atoms with Crippen molar-refractivity contribution in [3.05, 3.63) is 17.3 Å². The highest BCUT2D eigenvalue weighted by Crippen LogP contribution is 2.28. The van der Waals surface area contributed by atoms with E-state index in [0.717, 1.165) is 49.4 Å². The summed E-state index contributed by atoms with van der Waals surface area (Å²) < 4.78 is 5.72.